The van der Waals surface area contributed by atoms with Gasteiger partial charge in [-0.2, -0.15) is 15.5 Å². The Labute approximate surface area is 178 Å². The predicted octanol–water partition coefficient (Wildman–Crippen LogP) is 2.18. The molecule has 0 radical (unpaired) electrons. The molecule has 2 aromatic heterocycles. The fourth-order valence-corrected chi connectivity index (χ4v) is 3.87. The number of rotatable bonds is 6. The molecule has 1 aromatic carbocycles. The fourth-order valence-electron chi connectivity index (χ4n) is 3.87. The lowest BCUT2D eigenvalue weighted by Gasteiger charge is -2.35. The molecule has 0 spiro atoms. The van der Waals surface area contributed by atoms with Crippen molar-refractivity contribution in [3.63, 3.8) is 0 Å². The minimum atomic E-state index is -0.628. The summed E-state index contributed by atoms with van der Waals surface area (Å²) < 4.78 is 16.6. The highest BCUT2D eigenvalue weighted by Gasteiger charge is 2.32. The number of carbonyl (C=O) groups excluding carboxylic acids is 1. The molecule has 31 heavy (non-hydrogen) atoms. The van der Waals surface area contributed by atoms with Crippen LogP contribution in [0.1, 0.15) is 28.5 Å². The molecule has 3 N–H and O–H groups in total. The van der Waals surface area contributed by atoms with E-state index in [1.54, 1.807) is 27.7 Å². The Kier molecular flexibility index (Phi) is 5.68. The van der Waals surface area contributed by atoms with Gasteiger partial charge in [0.2, 0.25) is 0 Å². The van der Waals surface area contributed by atoms with Gasteiger partial charge in [-0.1, -0.05) is 0 Å². The number of nitrogens with zero attached hydrogens (tertiary/aromatic N) is 6. The molecule has 1 aliphatic heterocycles. The van der Waals surface area contributed by atoms with Crippen LogP contribution in [0.25, 0.3) is 0 Å². The van der Waals surface area contributed by atoms with E-state index in [0.29, 0.717) is 25.2 Å². The van der Waals surface area contributed by atoms with Gasteiger partial charge < -0.3 is 11.1 Å². The summed E-state index contributed by atoms with van der Waals surface area (Å²) in [6, 6.07) is 9.88. The maximum Gasteiger partial charge on any atom is 0.254 e. The quantitative estimate of drug-likeness (QED) is 0.629. The van der Waals surface area contributed by atoms with Crippen molar-refractivity contribution >= 4 is 17.4 Å². The van der Waals surface area contributed by atoms with Gasteiger partial charge in [-0.3, -0.25) is 19.1 Å². The van der Waals surface area contributed by atoms with E-state index in [0.717, 1.165) is 12.2 Å². The third kappa shape index (κ3) is 4.57. The number of nitrogens with one attached hydrogen (secondary N) is 1. The molecule has 0 saturated carbocycles. The number of nitriles is 1. The zero-order valence-electron chi connectivity index (χ0n) is 17.1. The monoisotopic (exact) mass is 422 g/mol. The van der Waals surface area contributed by atoms with Crippen LogP contribution < -0.4 is 11.1 Å². The van der Waals surface area contributed by atoms with Crippen LogP contribution in [0.5, 0.6) is 0 Å². The van der Waals surface area contributed by atoms with E-state index in [1.807, 2.05) is 19.3 Å². The standard InChI is InChI=1S/C21H23FN8O/c1-28-8-6-17(26-28)12-29-9-7-19(14(10-23)11-29)30-13-18(20(24)31)21(27-30)25-16-4-2-15(22)3-5-16/h2-6,8,13-14,19H,7,9,11-12H2,1H3,(H2,24,31)(H,25,27)/t14-,19-/m0/s1. The molecule has 0 aliphatic carbocycles. The number of aromatic nitrogens is 4. The van der Waals surface area contributed by atoms with Crippen molar-refractivity contribution < 1.29 is 9.18 Å². The minimum absolute atomic E-state index is 0.188. The molecule has 3 heterocycles. The summed E-state index contributed by atoms with van der Waals surface area (Å²) in [6.45, 7) is 2.02. The average molecular weight is 422 g/mol. The maximum absolute atomic E-state index is 13.2. The van der Waals surface area contributed by atoms with Crippen LogP contribution in [-0.4, -0.2) is 43.5 Å². The SMILES string of the molecule is Cn1ccc(CN2CC[C@H](n3cc(C(N)=O)c(Nc4ccc(F)cc4)n3)[C@@H](C#N)C2)n1. The second kappa shape index (κ2) is 8.57. The molecule has 1 amide bonds. The molecule has 10 heteroatoms. The fraction of sp³-hybridized carbons (Fsp3) is 0.333. The van der Waals surface area contributed by atoms with E-state index >= 15 is 0 Å². The molecule has 1 saturated heterocycles. The molecule has 9 nitrogen and oxygen atoms in total. The summed E-state index contributed by atoms with van der Waals surface area (Å²) in [5.41, 5.74) is 7.29. The molecular weight excluding hydrogens is 399 g/mol. The molecule has 1 aliphatic rings. The van der Waals surface area contributed by atoms with Gasteiger partial charge in [-0.15, -0.1) is 0 Å². The highest BCUT2D eigenvalue weighted by Crippen LogP contribution is 2.30. The normalized spacial score (nSPS) is 19.1. The zero-order valence-corrected chi connectivity index (χ0v) is 17.1. The van der Waals surface area contributed by atoms with Crippen molar-refractivity contribution in [1.29, 1.82) is 5.26 Å². The lowest BCUT2D eigenvalue weighted by Crippen LogP contribution is -2.40. The third-order valence-corrected chi connectivity index (χ3v) is 5.42. The highest BCUT2D eigenvalue weighted by molar-refractivity contribution is 5.98. The Morgan fingerprint density at radius 3 is 2.74 bits per heavy atom. The van der Waals surface area contributed by atoms with Crippen LogP contribution in [0.2, 0.25) is 0 Å². The number of carbonyl (C=O) groups is 1. The smallest absolute Gasteiger partial charge is 0.254 e. The number of benzene rings is 1. The van der Waals surface area contributed by atoms with Gasteiger partial charge in [0, 0.05) is 44.8 Å². The summed E-state index contributed by atoms with van der Waals surface area (Å²) in [6.07, 6.45) is 4.17. The van der Waals surface area contributed by atoms with Crippen LogP contribution in [0, 0.1) is 23.1 Å². The van der Waals surface area contributed by atoms with E-state index in [4.69, 9.17) is 5.73 Å². The van der Waals surface area contributed by atoms with Crippen molar-refractivity contribution in [2.75, 3.05) is 18.4 Å². The number of amides is 1. The lowest BCUT2D eigenvalue weighted by atomic mass is 9.93. The topological polar surface area (TPSA) is 118 Å². The Bertz CT molecular complexity index is 1110. The number of primary amides is 1. The Morgan fingerprint density at radius 1 is 1.32 bits per heavy atom. The summed E-state index contributed by atoms with van der Waals surface area (Å²) in [4.78, 5) is 14.2. The molecule has 3 aromatic rings. The number of anilines is 2. The van der Waals surface area contributed by atoms with E-state index in [2.05, 4.69) is 26.5 Å². The molecule has 1 fully saturated rings. The van der Waals surface area contributed by atoms with Gasteiger partial charge in [-0.05, 0) is 36.8 Å². The first-order chi connectivity index (χ1) is 14.9. The molecule has 2 atom stereocenters. The zero-order chi connectivity index (χ0) is 22.0. The second-order valence-corrected chi connectivity index (χ2v) is 7.68. The van der Waals surface area contributed by atoms with Crippen molar-refractivity contribution in [3.8, 4) is 6.07 Å². The number of hydrogen-bond donors (Lipinski definition) is 2. The van der Waals surface area contributed by atoms with Crippen molar-refractivity contribution in [2.45, 2.75) is 19.0 Å². The van der Waals surface area contributed by atoms with Crippen molar-refractivity contribution in [2.24, 2.45) is 18.7 Å². The largest absolute Gasteiger partial charge is 0.365 e. The van der Waals surface area contributed by atoms with Gasteiger partial charge >= 0.3 is 0 Å². The van der Waals surface area contributed by atoms with Crippen molar-refractivity contribution in [1.82, 2.24) is 24.5 Å². The minimum Gasteiger partial charge on any atom is -0.365 e. The average Bonchev–Trinajstić information content (AvgIpc) is 3.35. The first kappa shape index (κ1) is 20.6. The Hall–Kier alpha value is -3.71. The van der Waals surface area contributed by atoms with E-state index in [1.165, 1.54) is 12.1 Å². The van der Waals surface area contributed by atoms with E-state index < -0.39 is 5.91 Å². The van der Waals surface area contributed by atoms with Gasteiger partial charge in [-0.25, -0.2) is 4.39 Å². The molecule has 4 rings (SSSR count). The summed E-state index contributed by atoms with van der Waals surface area (Å²) in [5, 5.41) is 21.7. The second-order valence-electron chi connectivity index (χ2n) is 7.68. The predicted molar refractivity (Wildman–Crippen MR) is 112 cm³/mol. The van der Waals surface area contributed by atoms with Gasteiger partial charge in [0.15, 0.2) is 5.82 Å². The highest BCUT2D eigenvalue weighted by atomic mass is 19.1. The lowest BCUT2D eigenvalue weighted by molar-refractivity contribution is 0.100. The number of likely N-dealkylation sites (tertiary alicyclic amines) is 1. The number of hydrogen-bond acceptors (Lipinski definition) is 6. The van der Waals surface area contributed by atoms with Gasteiger partial charge in [0.05, 0.1) is 23.7 Å². The Balaban J connectivity index is 1.52. The van der Waals surface area contributed by atoms with Crippen LogP contribution in [0.15, 0.2) is 42.7 Å². The van der Waals surface area contributed by atoms with Gasteiger partial charge in [0.1, 0.15) is 11.4 Å². The number of halogens is 1. The Morgan fingerprint density at radius 2 is 2.10 bits per heavy atom. The van der Waals surface area contributed by atoms with Crippen LogP contribution >= 0.6 is 0 Å². The van der Waals surface area contributed by atoms with E-state index in [-0.39, 0.29) is 29.2 Å². The van der Waals surface area contributed by atoms with Gasteiger partial charge in [0.25, 0.3) is 5.91 Å². The first-order valence-corrected chi connectivity index (χ1v) is 9.95. The summed E-state index contributed by atoms with van der Waals surface area (Å²) >= 11 is 0. The number of piperidine rings is 1. The first-order valence-electron chi connectivity index (χ1n) is 9.95. The van der Waals surface area contributed by atoms with Crippen LogP contribution in [0.3, 0.4) is 0 Å². The van der Waals surface area contributed by atoms with Crippen LogP contribution in [0.4, 0.5) is 15.9 Å². The molecule has 0 bridgehead atoms. The summed E-state index contributed by atoms with van der Waals surface area (Å²) in [5.74, 6) is -1.01. The summed E-state index contributed by atoms with van der Waals surface area (Å²) in [7, 11) is 1.87. The van der Waals surface area contributed by atoms with Crippen LogP contribution in [-0.2, 0) is 13.6 Å². The van der Waals surface area contributed by atoms with E-state index in [9.17, 15) is 14.4 Å². The van der Waals surface area contributed by atoms with Crippen molar-refractivity contribution in [3.05, 3.63) is 59.8 Å². The molecule has 0 unspecified atom stereocenters. The maximum atomic E-state index is 13.2. The molecular formula is C21H23FN8O. The third-order valence-electron chi connectivity index (χ3n) is 5.42. The number of aryl methyl sites for hydroxylation is 1. The number of nitrogens with two attached hydrogens (primary N) is 1. The molecule has 160 valence electrons.